The van der Waals surface area contributed by atoms with Crippen molar-refractivity contribution in [2.24, 2.45) is 11.7 Å². The van der Waals surface area contributed by atoms with Crippen molar-refractivity contribution in [2.75, 3.05) is 6.54 Å². The van der Waals surface area contributed by atoms with Crippen LogP contribution in [-0.4, -0.2) is 18.5 Å². The predicted molar refractivity (Wildman–Crippen MR) is 79.3 cm³/mol. The molecular formula is C15H23N3O2. The smallest absolute Gasteiger partial charge is 0.315 e. The van der Waals surface area contributed by atoms with Gasteiger partial charge in [-0.3, -0.25) is 4.79 Å². The van der Waals surface area contributed by atoms with Crippen LogP contribution in [0.15, 0.2) is 24.3 Å². The van der Waals surface area contributed by atoms with Crippen molar-refractivity contribution in [3.8, 4) is 0 Å². The molecule has 1 aromatic carbocycles. The molecule has 0 unspecified atom stereocenters. The Labute approximate surface area is 119 Å². The van der Waals surface area contributed by atoms with Crippen LogP contribution in [0, 0.1) is 5.92 Å². The fourth-order valence-corrected chi connectivity index (χ4v) is 1.79. The molecule has 0 aliphatic rings. The molecule has 0 spiro atoms. The minimum absolute atomic E-state index is 0.196. The highest BCUT2D eigenvalue weighted by atomic mass is 16.2. The van der Waals surface area contributed by atoms with Gasteiger partial charge < -0.3 is 16.4 Å². The van der Waals surface area contributed by atoms with E-state index in [0.29, 0.717) is 24.6 Å². The fourth-order valence-electron chi connectivity index (χ4n) is 1.79. The quantitative estimate of drug-likeness (QED) is 0.666. The molecule has 0 heterocycles. The Kier molecular flexibility index (Phi) is 6.56. The van der Waals surface area contributed by atoms with Gasteiger partial charge in [-0.2, -0.15) is 0 Å². The zero-order valence-electron chi connectivity index (χ0n) is 12.1. The molecule has 5 heteroatoms. The molecule has 0 saturated carbocycles. The van der Waals surface area contributed by atoms with Crippen molar-refractivity contribution in [2.45, 2.75) is 33.2 Å². The monoisotopic (exact) mass is 277 g/mol. The average Bonchev–Trinajstić information content (AvgIpc) is 2.41. The van der Waals surface area contributed by atoms with Gasteiger partial charge in [-0.1, -0.05) is 26.0 Å². The molecule has 0 aromatic heterocycles. The zero-order valence-corrected chi connectivity index (χ0v) is 12.1. The summed E-state index contributed by atoms with van der Waals surface area (Å²) in [6.07, 6.45) is 2.07. The van der Waals surface area contributed by atoms with Gasteiger partial charge in [-0.25, -0.2) is 4.79 Å². The minimum Gasteiger partial charge on any atom is -0.366 e. The van der Waals surface area contributed by atoms with E-state index in [9.17, 15) is 9.59 Å². The number of rotatable bonds is 7. The van der Waals surface area contributed by atoms with E-state index in [1.165, 1.54) is 0 Å². The maximum Gasteiger partial charge on any atom is 0.315 e. The van der Waals surface area contributed by atoms with E-state index in [1.807, 2.05) is 6.07 Å². The summed E-state index contributed by atoms with van der Waals surface area (Å²) in [6, 6.07) is 6.72. The van der Waals surface area contributed by atoms with Crippen LogP contribution in [-0.2, 0) is 6.54 Å². The average molecular weight is 277 g/mol. The number of primary amides is 1. The molecule has 0 atom stereocenters. The van der Waals surface area contributed by atoms with Gasteiger partial charge in [0.2, 0.25) is 5.91 Å². The summed E-state index contributed by atoms with van der Waals surface area (Å²) in [5, 5.41) is 5.56. The first-order chi connectivity index (χ1) is 9.49. The third-order valence-corrected chi connectivity index (χ3v) is 2.91. The largest absolute Gasteiger partial charge is 0.366 e. The standard InChI is InChI=1S/C15H23N3O2/c1-11(2)5-4-8-17-15(20)18-10-12-6-3-7-13(9-12)14(16)19/h3,6-7,9,11H,4-5,8,10H2,1-2H3,(H2,16,19)(H2,17,18,20). The molecule has 0 bridgehead atoms. The summed E-state index contributed by atoms with van der Waals surface area (Å²) in [5.74, 6) is 0.182. The third kappa shape index (κ3) is 6.22. The molecule has 20 heavy (non-hydrogen) atoms. The van der Waals surface area contributed by atoms with Crippen LogP contribution in [0.4, 0.5) is 4.79 Å². The van der Waals surface area contributed by atoms with E-state index < -0.39 is 5.91 Å². The molecule has 1 rings (SSSR count). The van der Waals surface area contributed by atoms with Crippen molar-refractivity contribution in [1.82, 2.24) is 10.6 Å². The molecule has 0 radical (unpaired) electrons. The second-order valence-electron chi connectivity index (χ2n) is 5.21. The Bertz CT molecular complexity index is 458. The van der Waals surface area contributed by atoms with Crippen molar-refractivity contribution in [1.29, 1.82) is 0 Å². The Morgan fingerprint density at radius 2 is 2.00 bits per heavy atom. The molecular weight excluding hydrogens is 254 g/mol. The first-order valence-corrected chi connectivity index (χ1v) is 6.89. The maximum atomic E-state index is 11.6. The summed E-state index contributed by atoms with van der Waals surface area (Å²) in [7, 11) is 0. The minimum atomic E-state index is -0.468. The lowest BCUT2D eigenvalue weighted by atomic mass is 10.1. The van der Waals surface area contributed by atoms with Gasteiger partial charge in [0.1, 0.15) is 0 Å². The van der Waals surface area contributed by atoms with Crippen LogP contribution in [0.5, 0.6) is 0 Å². The molecule has 0 saturated heterocycles. The number of amides is 3. The lowest BCUT2D eigenvalue weighted by Crippen LogP contribution is -2.35. The van der Waals surface area contributed by atoms with Gasteiger partial charge in [0.25, 0.3) is 0 Å². The molecule has 0 fully saturated rings. The van der Waals surface area contributed by atoms with E-state index in [-0.39, 0.29) is 6.03 Å². The van der Waals surface area contributed by atoms with Crippen molar-refractivity contribution < 1.29 is 9.59 Å². The van der Waals surface area contributed by atoms with Crippen LogP contribution in [0.1, 0.15) is 42.6 Å². The van der Waals surface area contributed by atoms with Crippen molar-refractivity contribution in [3.63, 3.8) is 0 Å². The van der Waals surface area contributed by atoms with E-state index >= 15 is 0 Å². The van der Waals surface area contributed by atoms with E-state index in [1.54, 1.807) is 18.2 Å². The van der Waals surface area contributed by atoms with E-state index in [4.69, 9.17) is 5.73 Å². The van der Waals surface area contributed by atoms with Crippen LogP contribution in [0.2, 0.25) is 0 Å². The summed E-state index contributed by atoms with van der Waals surface area (Å²) >= 11 is 0. The van der Waals surface area contributed by atoms with Crippen LogP contribution < -0.4 is 16.4 Å². The Hall–Kier alpha value is -2.04. The number of urea groups is 1. The number of hydrogen-bond acceptors (Lipinski definition) is 2. The summed E-state index contributed by atoms with van der Waals surface area (Å²) in [6.45, 7) is 5.36. The fraction of sp³-hybridized carbons (Fsp3) is 0.467. The Morgan fingerprint density at radius 1 is 1.25 bits per heavy atom. The maximum absolute atomic E-state index is 11.6. The van der Waals surface area contributed by atoms with Gasteiger partial charge in [0.05, 0.1) is 0 Å². The van der Waals surface area contributed by atoms with Crippen molar-refractivity contribution >= 4 is 11.9 Å². The normalized spacial score (nSPS) is 10.3. The van der Waals surface area contributed by atoms with Gasteiger partial charge in [-0.15, -0.1) is 0 Å². The van der Waals surface area contributed by atoms with Gasteiger partial charge in [0, 0.05) is 18.7 Å². The topological polar surface area (TPSA) is 84.2 Å². The lowest BCUT2D eigenvalue weighted by Gasteiger charge is -2.09. The molecule has 4 N–H and O–H groups in total. The Balaban J connectivity index is 2.30. The van der Waals surface area contributed by atoms with Crippen LogP contribution in [0.25, 0.3) is 0 Å². The van der Waals surface area contributed by atoms with Gasteiger partial charge in [0.15, 0.2) is 0 Å². The highest BCUT2D eigenvalue weighted by molar-refractivity contribution is 5.92. The number of benzene rings is 1. The number of nitrogens with two attached hydrogens (primary N) is 1. The molecule has 3 amide bonds. The number of carbonyl (C=O) groups is 2. The Morgan fingerprint density at radius 3 is 2.65 bits per heavy atom. The lowest BCUT2D eigenvalue weighted by molar-refractivity contribution is 0.1000. The predicted octanol–water partition coefficient (Wildman–Crippen LogP) is 2.02. The van der Waals surface area contributed by atoms with E-state index in [0.717, 1.165) is 18.4 Å². The van der Waals surface area contributed by atoms with Crippen molar-refractivity contribution in [3.05, 3.63) is 35.4 Å². The number of carbonyl (C=O) groups excluding carboxylic acids is 2. The first kappa shape index (κ1) is 16.0. The highest BCUT2D eigenvalue weighted by Crippen LogP contribution is 2.04. The number of hydrogen-bond donors (Lipinski definition) is 3. The highest BCUT2D eigenvalue weighted by Gasteiger charge is 2.03. The van der Waals surface area contributed by atoms with Crippen LogP contribution in [0.3, 0.4) is 0 Å². The van der Waals surface area contributed by atoms with Gasteiger partial charge in [-0.05, 0) is 36.5 Å². The molecule has 1 aromatic rings. The summed E-state index contributed by atoms with van der Waals surface area (Å²) < 4.78 is 0. The zero-order chi connectivity index (χ0) is 15.0. The summed E-state index contributed by atoms with van der Waals surface area (Å²) in [5.41, 5.74) is 6.50. The first-order valence-electron chi connectivity index (χ1n) is 6.89. The summed E-state index contributed by atoms with van der Waals surface area (Å²) in [4.78, 5) is 22.6. The number of nitrogens with one attached hydrogen (secondary N) is 2. The molecule has 0 aliphatic carbocycles. The second-order valence-corrected chi connectivity index (χ2v) is 5.21. The molecule has 110 valence electrons. The molecule has 0 aliphatic heterocycles. The van der Waals surface area contributed by atoms with Crippen LogP contribution >= 0.6 is 0 Å². The second kappa shape index (κ2) is 8.19. The molecule has 5 nitrogen and oxygen atoms in total. The third-order valence-electron chi connectivity index (χ3n) is 2.91. The van der Waals surface area contributed by atoms with Gasteiger partial charge >= 0.3 is 6.03 Å². The van der Waals surface area contributed by atoms with E-state index in [2.05, 4.69) is 24.5 Å². The SMILES string of the molecule is CC(C)CCCNC(=O)NCc1cccc(C(N)=O)c1.